The Hall–Kier alpha value is -1.46. The molecule has 0 bridgehead atoms. The molecule has 2 fully saturated rings. The maximum atomic E-state index is 13.4. The fraction of sp³-hybridized carbons (Fsp3) is 0.650. The molecule has 2 aliphatic rings. The third-order valence-corrected chi connectivity index (χ3v) is 5.35. The summed E-state index contributed by atoms with van der Waals surface area (Å²) in [7, 11) is 0. The van der Waals surface area contributed by atoms with Gasteiger partial charge in [0.15, 0.2) is 0 Å². The molecule has 0 aliphatic carbocycles. The van der Waals surface area contributed by atoms with Crippen molar-refractivity contribution in [2.45, 2.75) is 32.7 Å². The summed E-state index contributed by atoms with van der Waals surface area (Å²) in [5.41, 5.74) is 0.976. The lowest BCUT2D eigenvalue weighted by Gasteiger charge is -2.35. The van der Waals surface area contributed by atoms with E-state index in [1.807, 2.05) is 11.0 Å². The molecule has 0 aromatic heterocycles. The molecule has 1 aromatic carbocycles. The van der Waals surface area contributed by atoms with Crippen molar-refractivity contribution in [1.29, 1.82) is 0 Å². The summed E-state index contributed by atoms with van der Waals surface area (Å²) >= 11 is 0. The van der Waals surface area contributed by atoms with Crippen LogP contribution in [0.5, 0.6) is 0 Å². The highest BCUT2D eigenvalue weighted by Gasteiger charge is 2.30. The van der Waals surface area contributed by atoms with Gasteiger partial charge in [0.1, 0.15) is 5.82 Å². The second-order valence-electron chi connectivity index (χ2n) is 7.31. The van der Waals surface area contributed by atoms with Crippen molar-refractivity contribution in [1.82, 2.24) is 9.80 Å². The van der Waals surface area contributed by atoms with Gasteiger partial charge in [-0.25, -0.2) is 4.39 Å². The van der Waals surface area contributed by atoms with E-state index in [-0.39, 0.29) is 17.6 Å². The second kappa shape index (κ2) is 8.77. The standard InChI is InChI=1S/C20H29FN2O2/c1-2-23(13-17-8-10-25-15-17)20(24)18-6-4-9-22(14-18)12-16-5-3-7-19(21)11-16/h3,5,7,11,17-18H,2,4,6,8-10,12-15H2,1H3/t17-,18+/m0/s1. The largest absolute Gasteiger partial charge is 0.381 e. The molecule has 1 amide bonds. The Morgan fingerprint density at radius 1 is 1.40 bits per heavy atom. The molecule has 0 radical (unpaired) electrons. The summed E-state index contributed by atoms with van der Waals surface area (Å²) in [5, 5.41) is 0. The molecule has 5 heteroatoms. The zero-order valence-electron chi connectivity index (χ0n) is 15.1. The molecule has 4 nitrogen and oxygen atoms in total. The maximum Gasteiger partial charge on any atom is 0.226 e. The molecule has 2 aliphatic heterocycles. The number of amides is 1. The fourth-order valence-corrected chi connectivity index (χ4v) is 3.97. The van der Waals surface area contributed by atoms with E-state index >= 15 is 0 Å². The zero-order chi connectivity index (χ0) is 17.6. The number of piperidine rings is 1. The molecule has 0 saturated carbocycles. The molecule has 0 N–H and O–H groups in total. The molecular weight excluding hydrogens is 319 g/mol. The first kappa shape index (κ1) is 18.3. The molecule has 2 atom stereocenters. The average Bonchev–Trinajstić information content (AvgIpc) is 3.12. The molecule has 3 rings (SSSR count). The minimum atomic E-state index is -0.196. The minimum absolute atomic E-state index is 0.0598. The number of rotatable bonds is 6. The van der Waals surface area contributed by atoms with Crippen molar-refractivity contribution in [3.63, 3.8) is 0 Å². The summed E-state index contributed by atoms with van der Waals surface area (Å²) in [6, 6.07) is 6.76. The Balaban J connectivity index is 1.56. The first-order valence-electron chi connectivity index (χ1n) is 9.49. The van der Waals surface area contributed by atoms with Crippen molar-refractivity contribution < 1.29 is 13.9 Å². The Kier molecular flexibility index (Phi) is 6.43. The van der Waals surface area contributed by atoms with Crippen LogP contribution in [0.4, 0.5) is 4.39 Å². The highest BCUT2D eigenvalue weighted by atomic mass is 19.1. The summed E-state index contributed by atoms with van der Waals surface area (Å²) in [6.45, 7) is 7.69. The van der Waals surface area contributed by atoms with Crippen LogP contribution in [-0.4, -0.2) is 55.1 Å². The second-order valence-corrected chi connectivity index (χ2v) is 7.31. The van der Waals surface area contributed by atoms with Crippen molar-refractivity contribution >= 4 is 5.91 Å². The third-order valence-electron chi connectivity index (χ3n) is 5.35. The Morgan fingerprint density at radius 3 is 3.00 bits per heavy atom. The third kappa shape index (κ3) is 5.02. The summed E-state index contributed by atoms with van der Waals surface area (Å²) in [5.74, 6) is 0.622. The van der Waals surface area contributed by atoms with Crippen LogP contribution in [0.2, 0.25) is 0 Å². The zero-order valence-corrected chi connectivity index (χ0v) is 15.1. The molecule has 2 saturated heterocycles. The average molecular weight is 348 g/mol. The van der Waals surface area contributed by atoms with Crippen LogP contribution < -0.4 is 0 Å². The van der Waals surface area contributed by atoms with Crippen LogP contribution in [0, 0.1) is 17.7 Å². The molecule has 2 heterocycles. The van der Waals surface area contributed by atoms with Gasteiger partial charge in [0, 0.05) is 38.7 Å². The number of hydrogen-bond donors (Lipinski definition) is 0. The van der Waals surface area contributed by atoms with Gasteiger partial charge in [-0.3, -0.25) is 9.69 Å². The number of carbonyl (C=O) groups excluding carboxylic acids is 1. The lowest BCUT2D eigenvalue weighted by Crippen LogP contribution is -2.46. The van der Waals surface area contributed by atoms with E-state index in [1.165, 1.54) is 6.07 Å². The van der Waals surface area contributed by atoms with Crippen LogP contribution in [0.1, 0.15) is 31.7 Å². The van der Waals surface area contributed by atoms with Crippen molar-refractivity contribution in [2.75, 3.05) is 39.4 Å². The molecule has 1 aromatic rings. The van der Waals surface area contributed by atoms with Crippen LogP contribution in [-0.2, 0) is 16.1 Å². The number of halogens is 1. The van der Waals surface area contributed by atoms with Crippen molar-refractivity contribution in [2.24, 2.45) is 11.8 Å². The number of benzene rings is 1. The molecule has 0 unspecified atom stereocenters. The topological polar surface area (TPSA) is 32.8 Å². The van der Waals surface area contributed by atoms with E-state index < -0.39 is 0 Å². The van der Waals surface area contributed by atoms with Gasteiger partial charge in [0.2, 0.25) is 5.91 Å². The predicted octanol–water partition coefficient (Wildman–Crippen LogP) is 2.92. The maximum absolute atomic E-state index is 13.4. The van der Waals surface area contributed by atoms with Gasteiger partial charge in [-0.2, -0.15) is 0 Å². The minimum Gasteiger partial charge on any atom is -0.381 e. The number of nitrogens with zero attached hydrogens (tertiary/aromatic N) is 2. The quantitative estimate of drug-likeness (QED) is 0.792. The molecule has 25 heavy (non-hydrogen) atoms. The Labute approximate surface area is 149 Å². The van der Waals surface area contributed by atoms with Gasteiger partial charge < -0.3 is 9.64 Å². The highest BCUT2D eigenvalue weighted by molar-refractivity contribution is 5.79. The Morgan fingerprint density at radius 2 is 2.28 bits per heavy atom. The van der Waals surface area contributed by atoms with Crippen LogP contribution in [0.15, 0.2) is 24.3 Å². The van der Waals surface area contributed by atoms with E-state index in [4.69, 9.17) is 4.74 Å². The number of carbonyl (C=O) groups is 1. The Bertz CT molecular complexity index is 575. The van der Waals surface area contributed by atoms with Gasteiger partial charge in [-0.15, -0.1) is 0 Å². The van der Waals surface area contributed by atoms with E-state index in [0.29, 0.717) is 12.5 Å². The lowest BCUT2D eigenvalue weighted by molar-refractivity contribution is -0.137. The summed E-state index contributed by atoms with van der Waals surface area (Å²) in [6.07, 6.45) is 3.03. The van der Waals surface area contributed by atoms with E-state index in [9.17, 15) is 9.18 Å². The van der Waals surface area contributed by atoms with Crippen LogP contribution in [0.3, 0.4) is 0 Å². The highest BCUT2D eigenvalue weighted by Crippen LogP contribution is 2.22. The van der Waals surface area contributed by atoms with Gasteiger partial charge >= 0.3 is 0 Å². The van der Waals surface area contributed by atoms with E-state index in [2.05, 4.69) is 11.8 Å². The first-order valence-corrected chi connectivity index (χ1v) is 9.49. The number of ether oxygens (including phenoxy) is 1. The molecule has 138 valence electrons. The summed E-state index contributed by atoms with van der Waals surface area (Å²) < 4.78 is 18.8. The van der Waals surface area contributed by atoms with Crippen LogP contribution in [0.25, 0.3) is 0 Å². The molecule has 0 spiro atoms. The van der Waals surface area contributed by atoms with E-state index in [0.717, 1.165) is 64.2 Å². The monoisotopic (exact) mass is 348 g/mol. The van der Waals surface area contributed by atoms with Gasteiger partial charge in [0.25, 0.3) is 0 Å². The smallest absolute Gasteiger partial charge is 0.226 e. The fourth-order valence-electron chi connectivity index (χ4n) is 3.97. The van der Waals surface area contributed by atoms with Crippen LogP contribution >= 0.6 is 0 Å². The summed E-state index contributed by atoms with van der Waals surface area (Å²) in [4.78, 5) is 17.3. The van der Waals surface area contributed by atoms with E-state index in [1.54, 1.807) is 12.1 Å². The normalized spacial score (nSPS) is 24.4. The van der Waals surface area contributed by atoms with Gasteiger partial charge in [-0.1, -0.05) is 12.1 Å². The lowest BCUT2D eigenvalue weighted by atomic mass is 9.95. The SMILES string of the molecule is CCN(C[C@@H]1CCOC1)C(=O)[C@@H]1CCCN(Cc2cccc(F)c2)C1. The van der Waals surface area contributed by atoms with Gasteiger partial charge in [0.05, 0.1) is 12.5 Å². The molecular formula is C20H29FN2O2. The van der Waals surface area contributed by atoms with Gasteiger partial charge in [-0.05, 0) is 50.4 Å². The predicted molar refractivity (Wildman–Crippen MR) is 95.6 cm³/mol. The number of hydrogen-bond acceptors (Lipinski definition) is 3. The first-order chi connectivity index (χ1) is 12.2. The van der Waals surface area contributed by atoms with Crippen molar-refractivity contribution in [3.05, 3.63) is 35.6 Å². The number of likely N-dealkylation sites (tertiary alicyclic amines) is 1. The van der Waals surface area contributed by atoms with Crippen molar-refractivity contribution in [3.8, 4) is 0 Å².